The number of phenolic OH excluding ortho intramolecular Hbond substituents is 2. The van der Waals surface area contributed by atoms with Gasteiger partial charge in [-0.2, -0.15) is 0 Å². The first-order chi connectivity index (χ1) is 5.80. The van der Waals surface area contributed by atoms with Gasteiger partial charge in [0, 0.05) is 0 Å². The molecule has 4 N–H and O–H groups in total. The summed E-state index contributed by atoms with van der Waals surface area (Å²) in [6.07, 6.45) is 0. The van der Waals surface area contributed by atoms with Crippen LogP contribution in [0.4, 0.5) is 0 Å². The zero-order valence-corrected chi connectivity index (χ0v) is 9.01. The number of aromatic hydroxyl groups is 2. The highest BCUT2D eigenvalue weighted by atomic mass is 32.9. The van der Waals surface area contributed by atoms with Crippen molar-refractivity contribution in [3.63, 3.8) is 0 Å². The summed E-state index contributed by atoms with van der Waals surface area (Å²) in [5.74, 6) is -0.153. The highest BCUT2D eigenvalue weighted by Crippen LogP contribution is 2.39. The van der Waals surface area contributed by atoms with E-state index in [0.717, 1.165) is 0 Å². The first-order valence-corrected chi connectivity index (χ1v) is 6.92. The third kappa shape index (κ3) is 9.66. The summed E-state index contributed by atoms with van der Waals surface area (Å²) in [4.78, 5) is 15.7. The highest BCUT2D eigenvalue weighted by Gasteiger charge is 1.90. The van der Waals surface area contributed by atoms with Crippen LogP contribution in [0.2, 0.25) is 0 Å². The van der Waals surface area contributed by atoms with Crippen molar-refractivity contribution < 1.29 is 20.0 Å². The van der Waals surface area contributed by atoms with E-state index in [2.05, 4.69) is 24.1 Å². The van der Waals surface area contributed by atoms with Gasteiger partial charge in [-0.3, -0.25) is 0 Å². The highest BCUT2D eigenvalue weighted by molar-refractivity contribution is 8.59. The molecule has 74 valence electrons. The smallest absolute Gasteiger partial charge is 0.239 e. The molecule has 1 rings (SSSR count). The number of rotatable bonds is 0. The summed E-state index contributed by atoms with van der Waals surface area (Å²) in [6.45, 7) is 0. The summed E-state index contributed by atoms with van der Waals surface area (Å²) in [5, 5.41) is 17.3. The van der Waals surface area contributed by atoms with Crippen molar-refractivity contribution >= 4 is 29.7 Å². The van der Waals surface area contributed by atoms with Crippen LogP contribution in [-0.4, -0.2) is 20.0 Å². The fourth-order valence-electron chi connectivity index (χ4n) is 0.464. The third-order valence-electron chi connectivity index (χ3n) is 0.882. The Labute approximate surface area is 85.8 Å². The largest absolute Gasteiger partial charge is 0.504 e. The molecule has 0 aliphatic heterocycles. The van der Waals surface area contributed by atoms with Crippen molar-refractivity contribution in [3.8, 4) is 11.5 Å². The Balaban J connectivity index is 0.000000252. The van der Waals surface area contributed by atoms with Gasteiger partial charge in [0.15, 0.2) is 11.5 Å². The maximum Gasteiger partial charge on any atom is 0.239 e. The second-order valence-corrected chi connectivity index (χ2v) is 7.04. The monoisotopic (exact) mass is 240 g/mol. The molecule has 0 aliphatic rings. The topological polar surface area (TPSA) is 80.9 Å². The van der Waals surface area contributed by atoms with E-state index < -0.39 is 5.69 Å². The van der Waals surface area contributed by atoms with E-state index in [1.165, 1.54) is 12.1 Å². The first-order valence-electron chi connectivity index (χ1n) is 3.06. The first kappa shape index (κ1) is 12.7. The number of phenols is 2. The number of para-hydroxylation sites is 2. The van der Waals surface area contributed by atoms with Crippen molar-refractivity contribution in [2.45, 2.75) is 0 Å². The second kappa shape index (κ2) is 5.47. The van der Waals surface area contributed by atoms with Crippen LogP contribution in [0, 0.1) is 0 Å². The van der Waals surface area contributed by atoms with Crippen LogP contribution in [-0.2, 0) is 11.8 Å². The van der Waals surface area contributed by atoms with Crippen LogP contribution in [0.15, 0.2) is 24.3 Å². The second-order valence-electron chi connectivity index (χ2n) is 2.00. The molecule has 0 heterocycles. The molecular weight excluding hydrogens is 231 g/mol. The van der Waals surface area contributed by atoms with Gasteiger partial charge in [0.05, 0.1) is 0 Å². The Morgan fingerprint density at radius 2 is 1.31 bits per heavy atom. The summed E-state index contributed by atoms with van der Waals surface area (Å²) < 4.78 is 0. The summed E-state index contributed by atoms with van der Waals surface area (Å²) in [5.41, 5.74) is -3.11. The van der Waals surface area contributed by atoms with Gasteiger partial charge >= 0.3 is 0 Å². The van der Waals surface area contributed by atoms with Crippen molar-refractivity contribution in [2.75, 3.05) is 0 Å². The molecular formula is C6H9O4PS2. The molecule has 7 heteroatoms. The summed E-state index contributed by atoms with van der Waals surface area (Å²) >= 11 is 7.07. The molecule has 4 nitrogen and oxygen atoms in total. The Hall–Kier alpha value is -0.260. The lowest BCUT2D eigenvalue weighted by Gasteiger charge is -1.91. The summed E-state index contributed by atoms with van der Waals surface area (Å²) in [6, 6.07) is 6.15. The van der Waals surface area contributed by atoms with Crippen LogP contribution >= 0.6 is 17.9 Å². The molecule has 13 heavy (non-hydrogen) atoms. The van der Waals surface area contributed by atoms with Gasteiger partial charge in [0.25, 0.3) is 0 Å². The van der Waals surface area contributed by atoms with Crippen LogP contribution < -0.4 is 0 Å². The average molecular weight is 240 g/mol. The van der Waals surface area contributed by atoms with Crippen LogP contribution in [0.1, 0.15) is 0 Å². The van der Waals surface area contributed by atoms with E-state index in [0.29, 0.717) is 0 Å². The molecule has 0 spiro atoms. The van der Waals surface area contributed by atoms with E-state index in [1.54, 1.807) is 12.1 Å². The Kier molecular flexibility index (Phi) is 5.36. The normalized spacial score (nSPS) is 10.1. The number of hydrogen-bond acceptors (Lipinski definition) is 3. The van der Waals surface area contributed by atoms with Gasteiger partial charge in [-0.1, -0.05) is 24.4 Å². The van der Waals surface area contributed by atoms with Gasteiger partial charge in [0.2, 0.25) is 5.69 Å². The fraction of sp³-hybridized carbons (Fsp3) is 0. The fourth-order valence-corrected chi connectivity index (χ4v) is 0.464. The van der Waals surface area contributed by atoms with Gasteiger partial charge in [-0.15, -0.1) is 0 Å². The van der Waals surface area contributed by atoms with Crippen LogP contribution in [0.5, 0.6) is 11.5 Å². The molecule has 1 aromatic rings. The van der Waals surface area contributed by atoms with E-state index in [9.17, 15) is 0 Å². The standard InChI is InChI=1S/C6H6O2.H3O2PS2/c7-5-3-1-2-4-6(5)8;1-3(2,4)5/h1-4,7-8H;(H3,1,2,4,5). The van der Waals surface area contributed by atoms with Gasteiger partial charge in [-0.05, 0) is 23.9 Å². The number of benzene rings is 1. The van der Waals surface area contributed by atoms with E-state index in [4.69, 9.17) is 20.0 Å². The van der Waals surface area contributed by atoms with Crippen molar-refractivity contribution in [1.82, 2.24) is 0 Å². The molecule has 0 atom stereocenters. The zero-order valence-electron chi connectivity index (χ0n) is 6.40. The Morgan fingerprint density at radius 1 is 1.08 bits per heavy atom. The van der Waals surface area contributed by atoms with Crippen molar-refractivity contribution in [1.29, 1.82) is 0 Å². The van der Waals surface area contributed by atoms with Crippen molar-refractivity contribution in [2.24, 2.45) is 0 Å². The predicted molar refractivity (Wildman–Crippen MR) is 57.5 cm³/mol. The lowest BCUT2D eigenvalue weighted by Crippen LogP contribution is -1.63. The molecule has 0 amide bonds. The zero-order chi connectivity index (χ0) is 10.5. The summed E-state index contributed by atoms with van der Waals surface area (Å²) in [7, 11) is 0. The van der Waals surface area contributed by atoms with E-state index >= 15 is 0 Å². The van der Waals surface area contributed by atoms with Crippen LogP contribution in [0.25, 0.3) is 0 Å². The molecule has 0 radical (unpaired) electrons. The minimum absolute atomic E-state index is 0.0764. The molecule has 0 unspecified atom stereocenters. The lowest BCUT2D eigenvalue weighted by molar-refractivity contribution is 0.404. The molecule has 0 saturated carbocycles. The van der Waals surface area contributed by atoms with E-state index in [-0.39, 0.29) is 11.5 Å². The quantitative estimate of drug-likeness (QED) is 0.268. The maximum absolute atomic E-state index is 8.67. The van der Waals surface area contributed by atoms with Gasteiger partial charge in [-0.25, -0.2) is 0 Å². The van der Waals surface area contributed by atoms with E-state index in [1.807, 2.05) is 0 Å². The Morgan fingerprint density at radius 3 is 1.46 bits per heavy atom. The molecule has 0 aliphatic carbocycles. The molecule has 0 saturated heterocycles. The average Bonchev–Trinajstić information content (AvgIpc) is 1.92. The molecule has 0 fully saturated rings. The minimum atomic E-state index is -3.11. The Bertz CT molecular complexity index is 282. The number of hydrogen-bond donors (Lipinski definition) is 5. The van der Waals surface area contributed by atoms with Gasteiger partial charge in [0.1, 0.15) is 0 Å². The molecule has 1 aromatic carbocycles. The van der Waals surface area contributed by atoms with Gasteiger partial charge < -0.3 is 20.0 Å². The molecule has 0 bridgehead atoms. The minimum Gasteiger partial charge on any atom is -0.504 e. The lowest BCUT2D eigenvalue weighted by atomic mass is 10.3. The molecule has 0 aromatic heterocycles. The number of thiol groups is 1. The SMILES string of the molecule is OP(O)(=S)S.Oc1ccccc1O. The predicted octanol–water partition coefficient (Wildman–Crippen LogP) is 1.22. The maximum atomic E-state index is 8.67. The van der Waals surface area contributed by atoms with Crippen LogP contribution in [0.3, 0.4) is 0 Å². The van der Waals surface area contributed by atoms with Crippen molar-refractivity contribution in [3.05, 3.63) is 24.3 Å². The third-order valence-corrected chi connectivity index (χ3v) is 0.882.